The van der Waals surface area contributed by atoms with Gasteiger partial charge in [-0.15, -0.1) is 17.8 Å². The van der Waals surface area contributed by atoms with E-state index in [0.29, 0.717) is 5.15 Å². The molecule has 1 saturated carbocycles. The molecule has 74 valence electrons. The Morgan fingerprint density at radius 3 is 2.93 bits per heavy atom. The summed E-state index contributed by atoms with van der Waals surface area (Å²) >= 11 is 7.58. The number of thiophene rings is 1. The van der Waals surface area contributed by atoms with Gasteiger partial charge in [0.05, 0.1) is 15.6 Å². The van der Waals surface area contributed by atoms with Gasteiger partial charge in [-0.25, -0.2) is 4.98 Å². The van der Waals surface area contributed by atoms with Crippen molar-refractivity contribution in [2.24, 2.45) is 0 Å². The van der Waals surface area contributed by atoms with E-state index in [1.165, 1.54) is 4.88 Å². The van der Waals surface area contributed by atoms with Crippen LogP contribution in [0.15, 0.2) is 18.2 Å². The van der Waals surface area contributed by atoms with Crippen LogP contribution in [0.2, 0.25) is 5.15 Å². The van der Waals surface area contributed by atoms with Crippen LogP contribution in [0.3, 0.4) is 0 Å². The van der Waals surface area contributed by atoms with Crippen molar-refractivity contribution in [3.05, 3.63) is 28.2 Å². The number of aromatic nitrogens is 1. The number of hydrogen-bond acceptors (Lipinski definition) is 2. The average molecular weight is 234 g/mol. The second kappa shape index (κ2) is 2.98. The fraction of sp³-hybridized carbons (Fsp3) is 0.250. The summed E-state index contributed by atoms with van der Waals surface area (Å²) in [7, 11) is 0. The lowest BCUT2D eigenvalue weighted by Gasteiger charge is -2.00. The molecule has 0 aromatic carbocycles. The molecule has 0 unspecified atom stereocenters. The molecule has 3 rings (SSSR count). The average Bonchev–Trinajstić information content (AvgIpc) is 2.93. The Kier molecular flexibility index (Phi) is 1.83. The first-order chi connectivity index (χ1) is 7.23. The molecule has 2 heterocycles. The molecule has 2 aromatic heterocycles. The van der Waals surface area contributed by atoms with Gasteiger partial charge in [0.15, 0.2) is 0 Å². The highest BCUT2D eigenvalue weighted by Gasteiger charge is 2.44. The van der Waals surface area contributed by atoms with E-state index in [4.69, 9.17) is 18.0 Å². The summed E-state index contributed by atoms with van der Waals surface area (Å²) in [4.78, 5) is 5.54. The van der Waals surface area contributed by atoms with Crippen molar-refractivity contribution < 1.29 is 0 Å². The molecule has 0 aliphatic heterocycles. The summed E-state index contributed by atoms with van der Waals surface area (Å²) in [5, 5.41) is 0.539. The van der Waals surface area contributed by atoms with Gasteiger partial charge in [-0.05, 0) is 31.0 Å². The van der Waals surface area contributed by atoms with Crippen LogP contribution < -0.4 is 0 Å². The maximum atomic E-state index is 5.84. The van der Waals surface area contributed by atoms with Crippen LogP contribution in [-0.2, 0) is 5.41 Å². The third kappa shape index (κ3) is 1.35. The zero-order valence-electron chi connectivity index (χ0n) is 7.96. The Hall–Kier alpha value is -1.04. The van der Waals surface area contributed by atoms with E-state index in [9.17, 15) is 0 Å². The van der Waals surface area contributed by atoms with E-state index in [1.54, 1.807) is 11.3 Å². The highest BCUT2D eigenvalue weighted by Crippen LogP contribution is 2.50. The molecule has 2 aromatic rings. The van der Waals surface area contributed by atoms with E-state index in [2.05, 4.69) is 17.0 Å². The second-order valence-corrected chi connectivity index (χ2v) is 5.33. The van der Waals surface area contributed by atoms with Crippen LogP contribution in [-0.4, -0.2) is 4.98 Å². The monoisotopic (exact) mass is 233 g/mol. The van der Waals surface area contributed by atoms with Crippen molar-refractivity contribution in [1.29, 1.82) is 0 Å². The number of pyridine rings is 1. The molecule has 1 nitrogen and oxygen atoms in total. The van der Waals surface area contributed by atoms with Gasteiger partial charge in [0.1, 0.15) is 5.15 Å². The highest BCUT2D eigenvalue weighted by atomic mass is 35.5. The van der Waals surface area contributed by atoms with E-state index in [1.807, 2.05) is 12.1 Å². The first-order valence-corrected chi connectivity index (χ1v) is 5.97. The fourth-order valence-electron chi connectivity index (χ4n) is 1.72. The van der Waals surface area contributed by atoms with Gasteiger partial charge < -0.3 is 0 Å². The summed E-state index contributed by atoms with van der Waals surface area (Å²) in [6.45, 7) is 0. The summed E-state index contributed by atoms with van der Waals surface area (Å²) in [5.74, 6) is 2.89. The van der Waals surface area contributed by atoms with Gasteiger partial charge in [-0.3, -0.25) is 0 Å². The molecule has 0 radical (unpaired) electrons. The van der Waals surface area contributed by atoms with Gasteiger partial charge in [-0.2, -0.15) is 0 Å². The number of terminal acetylenes is 1. The quantitative estimate of drug-likeness (QED) is 0.542. The Balaban J connectivity index is 2.19. The zero-order chi connectivity index (χ0) is 10.5. The Morgan fingerprint density at radius 2 is 2.27 bits per heavy atom. The van der Waals surface area contributed by atoms with Crippen molar-refractivity contribution in [1.82, 2.24) is 4.98 Å². The van der Waals surface area contributed by atoms with Crippen LogP contribution in [0.5, 0.6) is 0 Å². The molecule has 1 aliphatic rings. The molecule has 1 aliphatic carbocycles. The standard InChI is InChI=1S/C12H8ClNS/c1-2-12(5-6-12)10-7-8-9(15-10)3-4-11(13)14-8/h1,3-4,7H,5-6H2. The lowest BCUT2D eigenvalue weighted by molar-refractivity contribution is 0.963. The fourth-order valence-corrected chi connectivity index (χ4v) is 3.09. The minimum Gasteiger partial charge on any atom is -0.235 e. The molecular formula is C12H8ClNS. The van der Waals surface area contributed by atoms with Gasteiger partial charge in [0, 0.05) is 4.88 Å². The number of fused-ring (bicyclic) bond motifs is 1. The van der Waals surface area contributed by atoms with E-state index in [-0.39, 0.29) is 5.41 Å². The minimum absolute atomic E-state index is 0.0117. The Bertz CT molecular complexity index is 575. The number of nitrogens with zero attached hydrogens (tertiary/aromatic N) is 1. The first-order valence-electron chi connectivity index (χ1n) is 4.78. The van der Waals surface area contributed by atoms with Crippen LogP contribution in [0.25, 0.3) is 10.2 Å². The molecule has 0 amide bonds. The molecule has 1 fully saturated rings. The van der Waals surface area contributed by atoms with Crippen molar-refractivity contribution >= 4 is 33.2 Å². The SMILES string of the molecule is C#CC1(c2cc3nc(Cl)ccc3s2)CC1. The van der Waals surface area contributed by atoms with E-state index >= 15 is 0 Å². The maximum Gasteiger partial charge on any atom is 0.129 e. The minimum atomic E-state index is 0.0117. The predicted octanol–water partition coefficient (Wildman–Crippen LogP) is 3.61. The largest absolute Gasteiger partial charge is 0.235 e. The Morgan fingerprint density at radius 1 is 1.47 bits per heavy atom. The highest BCUT2D eigenvalue weighted by molar-refractivity contribution is 7.19. The summed E-state index contributed by atoms with van der Waals surface area (Å²) in [6.07, 6.45) is 7.77. The molecule has 3 heteroatoms. The van der Waals surface area contributed by atoms with Crippen LogP contribution in [0.1, 0.15) is 17.7 Å². The second-order valence-electron chi connectivity index (χ2n) is 3.85. The Labute approximate surface area is 97.1 Å². The normalized spacial score (nSPS) is 17.6. The first kappa shape index (κ1) is 9.21. The number of hydrogen-bond donors (Lipinski definition) is 0. The van der Waals surface area contributed by atoms with Crippen molar-refractivity contribution in [3.63, 3.8) is 0 Å². The van der Waals surface area contributed by atoms with Crippen LogP contribution in [0.4, 0.5) is 0 Å². The van der Waals surface area contributed by atoms with Gasteiger partial charge in [0.25, 0.3) is 0 Å². The van der Waals surface area contributed by atoms with Gasteiger partial charge in [-0.1, -0.05) is 17.5 Å². The molecule has 0 atom stereocenters. The summed E-state index contributed by atoms with van der Waals surface area (Å²) in [5.41, 5.74) is 0.974. The number of halogens is 1. The topological polar surface area (TPSA) is 12.9 Å². The number of rotatable bonds is 1. The predicted molar refractivity (Wildman–Crippen MR) is 64.4 cm³/mol. The lowest BCUT2D eigenvalue weighted by Crippen LogP contribution is -1.97. The summed E-state index contributed by atoms with van der Waals surface area (Å²) < 4.78 is 1.16. The van der Waals surface area contributed by atoms with Crippen molar-refractivity contribution in [3.8, 4) is 12.3 Å². The van der Waals surface area contributed by atoms with E-state index in [0.717, 1.165) is 23.1 Å². The molecule has 15 heavy (non-hydrogen) atoms. The maximum absolute atomic E-state index is 5.84. The van der Waals surface area contributed by atoms with Crippen LogP contribution >= 0.6 is 22.9 Å². The van der Waals surface area contributed by atoms with E-state index < -0.39 is 0 Å². The lowest BCUT2D eigenvalue weighted by atomic mass is 10.1. The smallest absolute Gasteiger partial charge is 0.129 e. The molecular weight excluding hydrogens is 226 g/mol. The molecule has 0 saturated heterocycles. The molecule has 0 N–H and O–H groups in total. The van der Waals surface area contributed by atoms with Crippen molar-refractivity contribution in [2.75, 3.05) is 0 Å². The third-order valence-electron chi connectivity index (χ3n) is 2.84. The summed E-state index contributed by atoms with van der Waals surface area (Å²) in [6, 6.07) is 5.91. The van der Waals surface area contributed by atoms with Crippen LogP contribution in [0, 0.1) is 12.3 Å². The van der Waals surface area contributed by atoms with Gasteiger partial charge >= 0.3 is 0 Å². The molecule has 0 bridgehead atoms. The zero-order valence-corrected chi connectivity index (χ0v) is 9.53. The van der Waals surface area contributed by atoms with Gasteiger partial charge in [0.2, 0.25) is 0 Å². The molecule has 0 spiro atoms. The third-order valence-corrected chi connectivity index (χ3v) is 4.34. The van der Waals surface area contributed by atoms with Crippen molar-refractivity contribution in [2.45, 2.75) is 18.3 Å².